The van der Waals surface area contributed by atoms with Crippen LogP contribution in [0.4, 0.5) is 0 Å². The highest BCUT2D eigenvalue weighted by Gasteiger charge is 2.27. The highest BCUT2D eigenvalue weighted by molar-refractivity contribution is 6.28. The highest BCUT2D eigenvalue weighted by atomic mass is 16.3. The Hall–Kier alpha value is -5.41. The van der Waals surface area contributed by atoms with E-state index in [-0.39, 0.29) is 5.92 Å². The van der Waals surface area contributed by atoms with Crippen molar-refractivity contribution in [3.05, 3.63) is 127 Å². The molecule has 3 heterocycles. The number of hydrogen-bond donors (Lipinski definition) is 0. The van der Waals surface area contributed by atoms with Gasteiger partial charge in [0.05, 0.1) is 5.69 Å². The maximum Gasteiger partial charge on any atom is 0.143 e. The van der Waals surface area contributed by atoms with Crippen molar-refractivity contribution < 1.29 is 8.83 Å². The zero-order valence-electron chi connectivity index (χ0n) is 23.9. The minimum absolute atomic E-state index is 0.182. The fourth-order valence-electron chi connectivity index (χ4n) is 6.83. The van der Waals surface area contributed by atoms with Crippen molar-refractivity contribution in [1.82, 2.24) is 4.98 Å². The minimum Gasteiger partial charge on any atom is -0.456 e. The summed E-state index contributed by atoms with van der Waals surface area (Å²) in [5, 5.41) is 9.18. The fraction of sp³-hybridized carbons (Fsp3) is 0.0750. The molecule has 0 N–H and O–H groups in total. The first-order chi connectivity index (χ1) is 21.1. The lowest BCUT2D eigenvalue weighted by atomic mass is 9.88. The molecule has 0 radical (unpaired) electrons. The first kappa shape index (κ1) is 24.2. The van der Waals surface area contributed by atoms with Gasteiger partial charge in [0.1, 0.15) is 22.3 Å². The summed E-state index contributed by atoms with van der Waals surface area (Å²) >= 11 is 0. The molecule has 0 bridgehead atoms. The van der Waals surface area contributed by atoms with Gasteiger partial charge in [-0.05, 0) is 69.4 Å². The molecule has 0 spiro atoms. The van der Waals surface area contributed by atoms with Crippen molar-refractivity contribution in [1.29, 1.82) is 0 Å². The number of benzene rings is 6. The smallest absolute Gasteiger partial charge is 0.143 e. The molecule has 9 aromatic rings. The normalized spacial score (nSPS) is 12.2. The van der Waals surface area contributed by atoms with Gasteiger partial charge in [-0.1, -0.05) is 92.7 Å². The van der Waals surface area contributed by atoms with Gasteiger partial charge >= 0.3 is 0 Å². The lowest BCUT2D eigenvalue weighted by Gasteiger charge is -2.13. The third-order valence-corrected chi connectivity index (χ3v) is 8.80. The molecule has 0 amide bonds. The first-order valence-electron chi connectivity index (χ1n) is 14.8. The van der Waals surface area contributed by atoms with E-state index in [0.29, 0.717) is 0 Å². The van der Waals surface area contributed by atoms with Gasteiger partial charge in [0.15, 0.2) is 0 Å². The van der Waals surface area contributed by atoms with Crippen molar-refractivity contribution in [3.63, 3.8) is 0 Å². The second kappa shape index (κ2) is 9.04. The SMILES string of the molecule is CC(C)c1c2oc3cc4ccccc4cc3c2c(-c2ccnc(-c3ccccc3)c2)c2c1oc1cc3ccccc3cc12. The molecule has 43 heavy (non-hydrogen) atoms. The van der Waals surface area contributed by atoms with Gasteiger partial charge in [-0.15, -0.1) is 0 Å². The van der Waals surface area contributed by atoms with Crippen LogP contribution in [-0.4, -0.2) is 4.98 Å². The number of nitrogens with zero attached hydrogens (tertiary/aromatic N) is 1. The molecule has 6 aromatic carbocycles. The van der Waals surface area contributed by atoms with Crippen molar-refractivity contribution in [2.24, 2.45) is 0 Å². The summed E-state index contributed by atoms with van der Waals surface area (Å²) in [6, 6.07) is 40.6. The van der Waals surface area contributed by atoms with E-state index < -0.39 is 0 Å². The van der Waals surface area contributed by atoms with Crippen molar-refractivity contribution >= 4 is 65.4 Å². The van der Waals surface area contributed by atoms with E-state index in [0.717, 1.165) is 82.6 Å². The Labute approximate surface area is 248 Å². The Morgan fingerprint density at radius 2 is 1.05 bits per heavy atom. The lowest BCUT2D eigenvalue weighted by Crippen LogP contribution is -1.93. The molecule has 0 fully saturated rings. The monoisotopic (exact) mass is 553 g/mol. The molecule has 0 saturated carbocycles. The molecule has 9 rings (SSSR count). The Bertz CT molecular complexity index is 2400. The molecule has 3 heteroatoms. The van der Waals surface area contributed by atoms with Crippen molar-refractivity contribution in [2.75, 3.05) is 0 Å². The number of rotatable bonds is 3. The van der Waals surface area contributed by atoms with Gasteiger partial charge in [0.2, 0.25) is 0 Å². The Morgan fingerprint density at radius 3 is 1.58 bits per heavy atom. The van der Waals surface area contributed by atoms with E-state index in [1.165, 1.54) is 10.8 Å². The van der Waals surface area contributed by atoms with Crippen molar-refractivity contribution in [2.45, 2.75) is 19.8 Å². The van der Waals surface area contributed by atoms with Crippen LogP contribution in [0.3, 0.4) is 0 Å². The van der Waals surface area contributed by atoms with E-state index in [1.54, 1.807) is 0 Å². The largest absolute Gasteiger partial charge is 0.456 e. The third kappa shape index (κ3) is 3.58. The van der Waals surface area contributed by atoms with Crippen LogP contribution in [0.5, 0.6) is 0 Å². The number of fused-ring (bicyclic) bond motifs is 8. The molecule has 0 aliphatic heterocycles. The Morgan fingerprint density at radius 1 is 0.535 bits per heavy atom. The van der Waals surface area contributed by atoms with Gasteiger partial charge in [-0.3, -0.25) is 4.98 Å². The van der Waals surface area contributed by atoms with E-state index in [4.69, 9.17) is 13.8 Å². The maximum atomic E-state index is 6.84. The van der Waals surface area contributed by atoms with Gasteiger partial charge in [0, 0.05) is 44.4 Å². The predicted molar refractivity (Wildman–Crippen MR) is 179 cm³/mol. The van der Waals surface area contributed by atoms with E-state index in [2.05, 4.69) is 123 Å². The van der Waals surface area contributed by atoms with Crippen LogP contribution >= 0.6 is 0 Å². The Kier molecular flexibility index (Phi) is 5.09. The molecule has 204 valence electrons. The fourth-order valence-corrected chi connectivity index (χ4v) is 6.83. The molecule has 0 unspecified atom stereocenters. The Balaban J connectivity index is 1.52. The second-order valence-corrected chi connectivity index (χ2v) is 11.7. The average molecular weight is 554 g/mol. The lowest BCUT2D eigenvalue weighted by molar-refractivity contribution is 0.638. The van der Waals surface area contributed by atoms with E-state index >= 15 is 0 Å². The van der Waals surface area contributed by atoms with Crippen LogP contribution in [0, 0.1) is 0 Å². The molecule has 3 nitrogen and oxygen atoms in total. The molecule has 0 atom stereocenters. The minimum atomic E-state index is 0.182. The van der Waals surface area contributed by atoms with Gasteiger partial charge in [-0.25, -0.2) is 0 Å². The van der Waals surface area contributed by atoms with Gasteiger partial charge < -0.3 is 8.83 Å². The zero-order chi connectivity index (χ0) is 28.7. The second-order valence-electron chi connectivity index (χ2n) is 11.7. The molecule has 3 aromatic heterocycles. The van der Waals surface area contributed by atoms with Crippen LogP contribution in [0.25, 0.3) is 87.8 Å². The average Bonchev–Trinajstić information content (AvgIpc) is 3.59. The van der Waals surface area contributed by atoms with Crippen LogP contribution in [0.15, 0.2) is 130 Å². The summed E-state index contributed by atoms with van der Waals surface area (Å²) in [5.74, 6) is 0.182. The third-order valence-electron chi connectivity index (χ3n) is 8.80. The molecule has 0 aliphatic carbocycles. The summed E-state index contributed by atoms with van der Waals surface area (Å²) in [7, 11) is 0. The number of aromatic nitrogens is 1. The van der Waals surface area contributed by atoms with Gasteiger partial charge in [0.25, 0.3) is 0 Å². The summed E-state index contributed by atoms with van der Waals surface area (Å²) in [6.45, 7) is 4.45. The molecular formula is C40H27NO2. The van der Waals surface area contributed by atoms with E-state index in [1.807, 2.05) is 12.3 Å². The standard InChI is InChI=1S/C40H27NO2/c1-23(2)35-39-37(30-18-25-12-6-8-14-27(25)21-33(30)42-39)36(29-16-17-41-32(20-29)24-10-4-3-5-11-24)38-31-19-26-13-7-9-15-28(26)22-34(31)43-40(35)38/h3-23H,1-2H3. The topological polar surface area (TPSA) is 39.2 Å². The van der Waals surface area contributed by atoms with E-state index in [9.17, 15) is 0 Å². The van der Waals surface area contributed by atoms with Crippen LogP contribution in [-0.2, 0) is 0 Å². The summed E-state index contributed by atoms with van der Waals surface area (Å²) in [5.41, 5.74) is 8.89. The van der Waals surface area contributed by atoms with Crippen molar-refractivity contribution in [3.8, 4) is 22.4 Å². The number of furan rings is 2. The predicted octanol–water partition coefficient (Wildman–Crippen LogP) is 11.6. The van der Waals surface area contributed by atoms with Crippen LogP contribution < -0.4 is 0 Å². The zero-order valence-corrected chi connectivity index (χ0v) is 23.9. The quantitative estimate of drug-likeness (QED) is 0.218. The molecule has 0 saturated heterocycles. The summed E-state index contributed by atoms with van der Waals surface area (Å²) < 4.78 is 13.7. The summed E-state index contributed by atoms with van der Waals surface area (Å²) in [4.78, 5) is 4.78. The van der Waals surface area contributed by atoms with Gasteiger partial charge in [-0.2, -0.15) is 0 Å². The number of hydrogen-bond acceptors (Lipinski definition) is 3. The number of pyridine rings is 1. The maximum absolute atomic E-state index is 6.84. The highest BCUT2D eigenvalue weighted by Crippen LogP contribution is 2.50. The first-order valence-corrected chi connectivity index (χ1v) is 14.8. The summed E-state index contributed by atoms with van der Waals surface area (Å²) in [6.07, 6.45) is 1.92. The molecular weight excluding hydrogens is 526 g/mol. The van der Waals surface area contributed by atoms with Crippen LogP contribution in [0.2, 0.25) is 0 Å². The van der Waals surface area contributed by atoms with Crippen LogP contribution in [0.1, 0.15) is 25.3 Å². The molecule has 0 aliphatic rings.